The molecule has 0 aliphatic carbocycles. The molecule has 1 saturated heterocycles. The van der Waals surface area contributed by atoms with Gasteiger partial charge in [0.2, 0.25) is 11.8 Å². The van der Waals surface area contributed by atoms with Gasteiger partial charge in [-0.15, -0.1) is 0 Å². The molecule has 1 aromatic heterocycles. The van der Waals surface area contributed by atoms with Crippen LogP contribution >= 0.6 is 0 Å². The van der Waals surface area contributed by atoms with E-state index < -0.39 is 5.66 Å². The molecular weight excluding hydrogens is 442 g/mol. The number of aryl methyl sites for hydroxylation is 2. The summed E-state index contributed by atoms with van der Waals surface area (Å²) in [4.78, 5) is 47.2. The minimum atomic E-state index is -0.864. The van der Waals surface area contributed by atoms with Gasteiger partial charge in [0.1, 0.15) is 18.0 Å². The Morgan fingerprint density at radius 3 is 2.80 bits per heavy atom. The number of anilines is 2. The van der Waals surface area contributed by atoms with Gasteiger partial charge in [0.25, 0.3) is 5.91 Å². The van der Waals surface area contributed by atoms with Gasteiger partial charge >= 0.3 is 0 Å². The minimum absolute atomic E-state index is 0.0340. The molecule has 1 N–H and O–H groups in total. The molecule has 0 radical (unpaired) electrons. The third kappa shape index (κ3) is 3.51. The van der Waals surface area contributed by atoms with E-state index in [4.69, 9.17) is 4.98 Å². The predicted octanol–water partition coefficient (Wildman–Crippen LogP) is 3.82. The van der Waals surface area contributed by atoms with Crippen molar-refractivity contribution in [2.45, 2.75) is 51.2 Å². The van der Waals surface area contributed by atoms with Crippen molar-refractivity contribution in [2.24, 2.45) is 0 Å². The average Bonchev–Trinajstić information content (AvgIpc) is 3.43. The second kappa shape index (κ2) is 8.08. The number of aromatic nitrogens is 2. The molecule has 8 heteroatoms. The minimum Gasteiger partial charge on any atom is -0.334 e. The maximum Gasteiger partial charge on any atom is 0.258 e. The monoisotopic (exact) mass is 469 g/mol. The summed E-state index contributed by atoms with van der Waals surface area (Å²) in [5, 5.41) is 2.94. The highest BCUT2D eigenvalue weighted by Gasteiger charge is 2.53. The van der Waals surface area contributed by atoms with Crippen molar-refractivity contribution in [3.05, 3.63) is 66.1 Å². The predicted molar refractivity (Wildman–Crippen MR) is 132 cm³/mol. The summed E-state index contributed by atoms with van der Waals surface area (Å²) in [5.41, 5.74) is 2.68. The van der Waals surface area contributed by atoms with E-state index in [9.17, 15) is 14.4 Å². The maximum atomic E-state index is 13.4. The van der Waals surface area contributed by atoms with Gasteiger partial charge in [-0.05, 0) is 50.5 Å². The van der Waals surface area contributed by atoms with E-state index in [0.29, 0.717) is 29.8 Å². The van der Waals surface area contributed by atoms with Crippen molar-refractivity contribution < 1.29 is 14.4 Å². The number of carbonyl (C=O) groups excluding carboxylic acids is 3. The van der Waals surface area contributed by atoms with Crippen LogP contribution in [0.5, 0.6) is 0 Å². The molecule has 2 aromatic carbocycles. The van der Waals surface area contributed by atoms with Crippen LogP contribution in [0.2, 0.25) is 0 Å². The van der Waals surface area contributed by atoms with Crippen molar-refractivity contribution >= 4 is 29.1 Å². The van der Waals surface area contributed by atoms with E-state index in [1.807, 2.05) is 37.3 Å². The summed E-state index contributed by atoms with van der Waals surface area (Å²) < 4.78 is 2.21. The number of hydrogen-bond acceptors (Lipinski definition) is 4. The third-order valence-corrected chi connectivity index (χ3v) is 7.40. The third-order valence-electron chi connectivity index (χ3n) is 7.40. The first kappa shape index (κ1) is 21.6. The van der Waals surface area contributed by atoms with Crippen molar-refractivity contribution in [2.75, 3.05) is 16.8 Å². The molecule has 0 saturated carbocycles. The molecule has 1 unspecified atom stereocenters. The van der Waals surface area contributed by atoms with Gasteiger partial charge in [0.05, 0.1) is 16.9 Å². The fourth-order valence-electron chi connectivity index (χ4n) is 5.59. The lowest BCUT2D eigenvalue weighted by molar-refractivity contribution is -0.120. The van der Waals surface area contributed by atoms with Crippen molar-refractivity contribution in [1.29, 1.82) is 0 Å². The van der Waals surface area contributed by atoms with Crippen LogP contribution in [0, 0.1) is 0 Å². The van der Waals surface area contributed by atoms with E-state index in [0.717, 1.165) is 36.5 Å². The Kier molecular flexibility index (Phi) is 4.98. The number of carbonyl (C=O) groups is 3. The van der Waals surface area contributed by atoms with E-state index in [1.54, 1.807) is 23.1 Å². The van der Waals surface area contributed by atoms with Gasteiger partial charge in [-0.25, -0.2) is 4.98 Å². The molecule has 3 aromatic rings. The number of nitrogens with zero attached hydrogens (tertiary/aromatic N) is 4. The maximum absolute atomic E-state index is 13.4. The van der Waals surface area contributed by atoms with Crippen LogP contribution in [0.3, 0.4) is 0 Å². The summed E-state index contributed by atoms with van der Waals surface area (Å²) in [5.74, 6) is 0.530. The first-order chi connectivity index (χ1) is 16.9. The lowest BCUT2D eigenvalue weighted by Gasteiger charge is -2.48. The van der Waals surface area contributed by atoms with Crippen LogP contribution in [0.15, 0.2) is 54.7 Å². The van der Waals surface area contributed by atoms with Gasteiger partial charge < -0.3 is 14.8 Å². The molecule has 0 bridgehead atoms. The molecule has 6 rings (SSSR count). The van der Waals surface area contributed by atoms with E-state index >= 15 is 0 Å². The van der Waals surface area contributed by atoms with Crippen LogP contribution in [0.1, 0.15) is 48.8 Å². The molecule has 178 valence electrons. The molecule has 3 aliphatic rings. The Balaban J connectivity index is 1.24. The second-order valence-electron chi connectivity index (χ2n) is 9.68. The van der Waals surface area contributed by atoms with Crippen molar-refractivity contribution in [1.82, 2.24) is 14.5 Å². The Hall–Kier alpha value is -3.94. The molecule has 4 heterocycles. The number of fused-ring (bicyclic) bond motifs is 4. The second-order valence-corrected chi connectivity index (χ2v) is 9.68. The topological polar surface area (TPSA) is 87.5 Å². The highest BCUT2D eigenvalue weighted by molar-refractivity contribution is 6.11. The Morgan fingerprint density at radius 1 is 1.09 bits per heavy atom. The highest BCUT2D eigenvalue weighted by Crippen LogP contribution is 2.43. The van der Waals surface area contributed by atoms with Gasteiger partial charge in [-0.3, -0.25) is 19.3 Å². The molecular formula is C27H27N5O3. The molecule has 1 atom stereocenters. The molecule has 0 spiro atoms. The van der Waals surface area contributed by atoms with Crippen LogP contribution in [0.4, 0.5) is 11.4 Å². The zero-order valence-corrected chi connectivity index (χ0v) is 19.7. The van der Waals surface area contributed by atoms with E-state index in [-0.39, 0.29) is 24.3 Å². The zero-order chi connectivity index (χ0) is 24.2. The van der Waals surface area contributed by atoms with Crippen molar-refractivity contribution in [3.63, 3.8) is 0 Å². The molecule has 1 fully saturated rings. The zero-order valence-electron chi connectivity index (χ0n) is 19.7. The average molecular weight is 470 g/mol. The number of rotatable bonds is 4. The number of nitrogens with one attached hydrogen (secondary N) is 1. The van der Waals surface area contributed by atoms with Gasteiger partial charge in [-0.2, -0.15) is 0 Å². The summed E-state index contributed by atoms with van der Waals surface area (Å²) in [6.07, 6.45) is 6.22. The number of amides is 3. The van der Waals surface area contributed by atoms with Crippen LogP contribution in [0.25, 0.3) is 11.3 Å². The molecule has 3 aliphatic heterocycles. The molecule has 35 heavy (non-hydrogen) atoms. The first-order valence-corrected chi connectivity index (χ1v) is 12.1. The van der Waals surface area contributed by atoms with Gasteiger partial charge in [0, 0.05) is 36.8 Å². The fourth-order valence-corrected chi connectivity index (χ4v) is 5.59. The summed E-state index contributed by atoms with van der Waals surface area (Å²) >= 11 is 0. The lowest BCUT2D eigenvalue weighted by Crippen LogP contribution is -2.63. The highest BCUT2D eigenvalue weighted by atomic mass is 16.2. The van der Waals surface area contributed by atoms with Gasteiger partial charge in [-0.1, -0.05) is 24.3 Å². The summed E-state index contributed by atoms with van der Waals surface area (Å²) in [6.45, 7) is 2.71. The van der Waals surface area contributed by atoms with E-state index in [1.165, 1.54) is 11.3 Å². The summed E-state index contributed by atoms with van der Waals surface area (Å²) in [6, 6.07) is 14.7. The smallest absolute Gasteiger partial charge is 0.258 e. The first-order valence-electron chi connectivity index (χ1n) is 12.1. The number of hydrogen-bond donors (Lipinski definition) is 1. The molecule has 8 nitrogen and oxygen atoms in total. The molecule has 3 amide bonds. The largest absolute Gasteiger partial charge is 0.334 e. The Labute approximate surface area is 203 Å². The SMILES string of the molecule is CC12CCC(=O)N1c1ccccc1C(=O)N2CC(=O)Nc1cccc(-c2cn3c(n2)CCCC3)c1. The normalized spacial score (nSPS) is 20.9. The summed E-state index contributed by atoms with van der Waals surface area (Å²) in [7, 11) is 0. The number of benzene rings is 2. The fraction of sp³-hybridized carbons (Fsp3) is 0.333. The quantitative estimate of drug-likeness (QED) is 0.629. The Bertz CT molecular complexity index is 1340. The number of para-hydroxylation sites is 1. The van der Waals surface area contributed by atoms with Crippen LogP contribution < -0.4 is 10.2 Å². The standard InChI is InChI=1S/C27H27N5O3/c1-27-13-12-25(34)32(27)22-10-3-2-9-20(22)26(35)31(27)17-24(33)28-19-8-6-7-18(15-19)21-16-30-14-5-4-11-23(30)29-21/h2-3,6-10,15-16H,4-5,11-14,17H2,1H3,(H,28,33). The van der Waals surface area contributed by atoms with Crippen molar-refractivity contribution in [3.8, 4) is 11.3 Å². The van der Waals surface area contributed by atoms with Crippen LogP contribution in [-0.4, -0.2) is 44.4 Å². The van der Waals surface area contributed by atoms with Gasteiger partial charge in [0.15, 0.2) is 0 Å². The Morgan fingerprint density at radius 2 is 1.94 bits per heavy atom. The number of imidazole rings is 1. The van der Waals surface area contributed by atoms with E-state index in [2.05, 4.69) is 16.1 Å². The van der Waals surface area contributed by atoms with Crippen LogP contribution in [-0.2, 0) is 22.6 Å². The lowest BCUT2D eigenvalue weighted by atomic mass is 9.98.